The van der Waals surface area contributed by atoms with Crippen molar-refractivity contribution < 1.29 is 67.7 Å². The number of carbonyl (C=O) groups excluding carboxylic acids is 5. The van der Waals surface area contributed by atoms with Crippen LogP contribution in [0.4, 0.5) is 0 Å². The molecular weight excluding hydrogens is 726 g/mol. The third kappa shape index (κ3) is 12.7. The number of rotatable bonds is 23. The molecule has 0 saturated heterocycles. The van der Waals surface area contributed by atoms with E-state index in [1.165, 1.54) is 54.9 Å². The molecule has 0 unspecified atom stereocenters. The molecule has 6 N–H and O–H groups in total. The topological polar surface area (TPSA) is 281 Å². The van der Waals surface area contributed by atoms with Crippen molar-refractivity contribution in [1.82, 2.24) is 26.0 Å². The molecule has 4 amide bonds. The molecule has 55 heavy (non-hydrogen) atoms. The second kappa shape index (κ2) is 21.0. The predicted octanol–water partition coefficient (Wildman–Crippen LogP) is 2.47. The van der Waals surface area contributed by atoms with Crippen molar-refractivity contribution in [2.45, 2.75) is 64.5 Å². The maximum Gasteiger partial charge on any atom is 0.364 e. The Hall–Kier alpha value is -6.79. The Bertz CT molecular complexity index is 1850. The number of furan rings is 1. The van der Waals surface area contributed by atoms with Crippen LogP contribution in [0.25, 0.3) is 11.3 Å². The number of hydroxylamine groups is 2. The van der Waals surface area contributed by atoms with Gasteiger partial charge in [-0.3, -0.25) is 29.0 Å². The zero-order valence-corrected chi connectivity index (χ0v) is 29.9. The first-order valence-corrected chi connectivity index (χ1v) is 17.1. The number of unbranched alkanes of at least 4 members (excludes halogenated alkanes) is 2. The highest BCUT2D eigenvalue weighted by Crippen LogP contribution is 2.29. The molecule has 3 atom stereocenters. The molecule has 3 rings (SSSR count). The van der Waals surface area contributed by atoms with E-state index in [9.17, 15) is 43.5 Å². The Kier molecular flexibility index (Phi) is 16.3. The molecule has 0 aliphatic carbocycles. The highest BCUT2D eigenvalue weighted by Gasteiger charge is 2.34. The summed E-state index contributed by atoms with van der Waals surface area (Å²) in [4.78, 5) is 107. The third-order valence-corrected chi connectivity index (χ3v) is 8.04. The monoisotopic (exact) mass is 767 g/mol. The number of pyridine rings is 1. The van der Waals surface area contributed by atoms with Gasteiger partial charge < -0.3 is 45.3 Å². The molecule has 0 aliphatic heterocycles. The number of carbonyl (C=O) groups is 8. The number of nitrogens with zero attached hydrogens (tertiary/aromatic N) is 2. The van der Waals surface area contributed by atoms with E-state index in [2.05, 4.69) is 20.9 Å². The number of benzene rings is 1. The van der Waals surface area contributed by atoms with Gasteiger partial charge in [-0.2, -0.15) is 5.06 Å². The minimum Gasteiger partial charge on any atom is -0.481 e. The summed E-state index contributed by atoms with van der Waals surface area (Å²) < 4.78 is 10.9. The van der Waals surface area contributed by atoms with Crippen LogP contribution in [0.2, 0.25) is 0 Å². The van der Waals surface area contributed by atoms with Gasteiger partial charge in [-0.05, 0) is 49.2 Å². The average Bonchev–Trinajstić information content (AvgIpc) is 3.66. The summed E-state index contributed by atoms with van der Waals surface area (Å²) in [7, 11) is 0. The van der Waals surface area contributed by atoms with Gasteiger partial charge in [0.1, 0.15) is 17.6 Å². The molecule has 0 bridgehead atoms. The van der Waals surface area contributed by atoms with Crippen LogP contribution in [0, 0.1) is 5.92 Å². The predicted molar refractivity (Wildman–Crippen MR) is 188 cm³/mol. The number of hydrogen-bond donors (Lipinski definition) is 6. The van der Waals surface area contributed by atoms with Crippen LogP contribution in [0.3, 0.4) is 0 Å². The van der Waals surface area contributed by atoms with E-state index in [-0.39, 0.29) is 47.0 Å². The highest BCUT2D eigenvalue weighted by atomic mass is 16.7. The van der Waals surface area contributed by atoms with Gasteiger partial charge in [-0.25, -0.2) is 14.4 Å². The Morgan fingerprint density at radius 2 is 1.71 bits per heavy atom. The molecule has 0 fully saturated rings. The van der Waals surface area contributed by atoms with Gasteiger partial charge >= 0.3 is 23.9 Å². The van der Waals surface area contributed by atoms with Gasteiger partial charge in [-0.15, -0.1) is 0 Å². The van der Waals surface area contributed by atoms with Crippen molar-refractivity contribution in [2.75, 3.05) is 13.3 Å². The number of carboxylic acid groups (broad SMARTS) is 3. The zero-order valence-electron chi connectivity index (χ0n) is 29.9. The maximum absolute atomic E-state index is 13.5. The Morgan fingerprint density at radius 1 is 0.945 bits per heavy atom. The molecule has 3 aromatic rings. The van der Waals surface area contributed by atoms with Crippen LogP contribution >= 0.6 is 0 Å². The summed E-state index contributed by atoms with van der Waals surface area (Å²) in [6.45, 7) is 2.48. The molecule has 0 saturated carbocycles. The molecule has 0 aliphatic rings. The molecule has 2 heterocycles. The fraction of sp³-hybridized carbons (Fsp3) is 0.361. The second-order valence-corrected chi connectivity index (χ2v) is 11.9. The summed E-state index contributed by atoms with van der Waals surface area (Å²) in [5.41, 5.74) is 0.0224. The van der Waals surface area contributed by atoms with E-state index in [4.69, 9.17) is 24.2 Å². The summed E-state index contributed by atoms with van der Waals surface area (Å²) in [5.74, 6) is -8.85. The first kappa shape index (κ1) is 42.6. The zero-order chi connectivity index (χ0) is 40.5. The van der Waals surface area contributed by atoms with Crippen molar-refractivity contribution in [3.05, 3.63) is 71.7 Å². The van der Waals surface area contributed by atoms with Gasteiger partial charge in [-0.1, -0.05) is 39.2 Å². The van der Waals surface area contributed by atoms with Gasteiger partial charge in [0, 0.05) is 18.0 Å². The molecule has 2 aromatic heterocycles. The molecule has 19 nitrogen and oxygen atoms in total. The van der Waals surface area contributed by atoms with Crippen LogP contribution in [0.1, 0.15) is 83.6 Å². The van der Waals surface area contributed by atoms with E-state index in [0.717, 1.165) is 17.9 Å². The average molecular weight is 768 g/mol. The lowest BCUT2D eigenvalue weighted by Crippen LogP contribution is -2.49. The number of hydrogen-bond acceptors (Lipinski definition) is 12. The first-order chi connectivity index (χ1) is 26.3. The normalized spacial score (nSPS) is 12.3. The largest absolute Gasteiger partial charge is 0.481 e. The fourth-order valence-electron chi connectivity index (χ4n) is 5.33. The highest BCUT2D eigenvalue weighted by molar-refractivity contribution is 6.00. The van der Waals surface area contributed by atoms with Crippen LogP contribution in [-0.2, 0) is 28.8 Å². The number of nitrogens with one attached hydrogen (secondary N) is 3. The van der Waals surface area contributed by atoms with E-state index in [0.29, 0.717) is 19.3 Å². The van der Waals surface area contributed by atoms with Gasteiger partial charge in [0.25, 0.3) is 11.8 Å². The van der Waals surface area contributed by atoms with Gasteiger partial charge in [0.15, 0.2) is 12.4 Å². The van der Waals surface area contributed by atoms with E-state index >= 15 is 0 Å². The lowest BCUT2D eigenvalue weighted by Gasteiger charge is -2.31. The summed E-state index contributed by atoms with van der Waals surface area (Å²) in [6.07, 6.45) is 5.06. The molecular formula is C36H41N5O14. The lowest BCUT2D eigenvalue weighted by atomic mass is 9.90. The Labute approximate surface area is 313 Å². The van der Waals surface area contributed by atoms with Gasteiger partial charge in [0.05, 0.1) is 36.2 Å². The van der Waals surface area contributed by atoms with Crippen LogP contribution in [0.15, 0.2) is 59.3 Å². The summed E-state index contributed by atoms with van der Waals surface area (Å²) >= 11 is 0. The molecule has 0 spiro atoms. The second-order valence-electron chi connectivity index (χ2n) is 11.9. The van der Waals surface area contributed by atoms with E-state index in [1.54, 1.807) is 6.92 Å². The quantitative estimate of drug-likeness (QED) is 0.0350. The van der Waals surface area contributed by atoms with E-state index in [1.807, 2.05) is 6.92 Å². The standard InChI is InChI=1S/C36H41N5O14/c1-3-5-6-9-23(26(4-2)41(20-42)55-36(52)22-8-7-14-37-17-22)32(47)38-19-39-34(49)28-13-12-27(54-28)21-10-11-24(29(15-21)53-18-31(45)46)33(48)40-25(35(50)51)16-30(43)44/h7-8,10-15,17,20,23,25-26H,3-6,9,16,18-19H2,1-2H3,(H,38,47)(H,39,49)(H,40,48)(H,43,44)(H,45,46)(H,50,51)/t23-,25+,26-/m1/s1. The minimum atomic E-state index is -1.79. The minimum absolute atomic E-state index is 0.0761. The van der Waals surface area contributed by atoms with Crippen molar-refractivity contribution in [1.29, 1.82) is 0 Å². The number of amides is 4. The van der Waals surface area contributed by atoms with Crippen molar-refractivity contribution >= 4 is 48.0 Å². The molecule has 0 radical (unpaired) electrons. The van der Waals surface area contributed by atoms with E-state index < -0.39 is 72.6 Å². The first-order valence-electron chi connectivity index (χ1n) is 17.1. The van der Waals surface area contributed by atoms with Crippen molar-refractivity contribution in [2.24, 2.45) is 5.92 Å². The number of aromatic nitrogens is 1. The number of ether oxygens (including phenoxy) is 1. The summed E-state index contributed by atoms with van der Waals surface area (Å²) in [6, 6.07) is 6.81. The van der Waals surface area contributed by atoms with Crippen molar-refractivity contribution in [3.63, 3.8) is 0 Å². The summed E-state index contributed by atoms with van der Waals surface area (Å²) in [5, 5.41) is 35.4. The Balaban J connectivity index is 1.72. The molecule has 294 valence electrons. The van der Waals surface area contributed by atoms with Crippen LogP contribution in [0.5, 0.6) is 5.75 Å². The van der Waals surface area contributed by atoms with Crippen LogP contribution in [-0.4, -0.2) is 98.7 Å². The van der Waals surface area contributed by atoms with Gasteiger partial charge in [0.2, 0.25) is 12.3 Å². The third-order valence-electron chi connectivity index (χ3n) is 8.04. The number of carboxylic acids is 3. The fourth-order valence-corrected chi connectivity index (χ4v) is 5.33. The smallest absolute Gasteiger partial charge is 0.364 e. The van der Waals surface area contributed by atoms with Crippen molar-refractivity contribution in [3.8, 4) is 17.1 Å². The SMILES string of the molecule is CCCCC[C@@H](C(=O)NCNC(=O)c1ccc(-c2ccc(C(=O)N[C@@H](CC(=O)O)C(=O)O)c(OCC(=O)O)c2)o1)[C@@H](CC)N(C=O)OC(=O)c1cccnc1. The Morgan fingerprint density at radius 3 is 2.33 bits per heavy atom. The lowest BCUT2D eigenvalue weighted by molar-refractivity contribution is -0.171. The molecule has 1 aromatic carbocycles. The number of aliphatic carboxylic acids is 3. The molecule has 19 heteroatoms. The maximum atomic E-state index is 13.5. The van der Waals surface area contributed by atoms with Crippen LogP contribution < -0.4 is 20.7 Å².